The van der Waals surface area contributed by atoms with Gasteiger partial charge < -0.3 is 14.5 Å². The van der Waals surface area contributed by atoms with Gasteiger partial charge in [0.2, 0.25) is 0 Å². The summed E-state index contributed by atoms with van der Waals surface area (Å²) in [5, 5.41) is 2.04. The molecule has 1 N–H and O–H groups in total. The van der Waals surface area contributed by atoms with Gasteiger partial charge in [0.25, 0.3) is 0 Å². The third-order valence-electron chi connectivity index (χ3n) is 5.21. The first kappa shape index (κ1) is 20.6. The summed E-state index contributed by atoms with van der Waals surface area (Å²) in [4.78, 5) is 11.6. The molecule has 0 bridgehead atoms. The van der Waals surface area contributed by atoms with Gasteiger partial charge >= 0.3 is 0 Å². The van der Waals surface area contributed by atoms with E-state index in [0.717, 1.165) is 63.9 Å². The molecule has 7 nitrogen and oxygen atoms in total. The molecule has 7 heteroatoms. The summed E-state index contributed by atoms with van der Waals surface area (Å²) in [7, 11) is 7.96. The lowest BCUT2D eigenvalue weighted by Crippen LogP contribution is -2.45. The number of hydrogen-bond donors (Lipinski definition) is 1. The van der Waals surface area contributed by atoms with Gasteiger partial charge in [-0.2, -0.15) is 0 Å². The van der Waals surface area contributed by atoms with E-state index in [2.05, 4.69) is 39.5 Å². The maximum Gasteiger partial charge on any atom is 0.127 e. The predicted molar refractivity (Wildman–Crippen MR) is 114 cm³/mol. The fourth-order valence-corrected chi connectivity index (χ4v) is 3.45. The zero-order valence-corrected chi connectivity index (χ0v) is 17.7. The summed E-state index contributed by atoms with van der Waals surface area (Å²) in [6.07, 6.45) is 5.10. The molecule has 0 atom stereocenters. The van der Waals surface area contributed by atoms with Gasteiger partial charge in [-0.15, -0.1) is 0 Å². The molecule has 1 saturated heterocycles. The molecular weight excluding hydrogens is 352 g/mol. The first-order valence-corrected chi connectivity index (χ1v) is 10.1. The molecule has 0 aromatic heterocycles. The van der Waals surface area contributed by atoms with Crippen molar-refractivity contribution >= 4 is 6.34 Å². The Labute approximate surface area is 169 Å². The van der Waals surface area contributed by atoms with E-state index in [1.807, 2.05) is 44.4 Å². The highest BCUT2D eigenvalue weighted by Gasteiger charge is 2.20. The Morgan fingerprint density at radius 3 is 2.71 bits per heavy atom. The number of hydrazine groups is 1. The van der Waals surface area contributed by atoms with Crippen molar-refractivity contribution in [1.82, 2.24) is 25.1 Å². The molecule has 0 unspecified atom stereocenters. The molecule has 0 amide bonds. The molecule has 0 saturated carbocycles. The quantitative estimate of drug-likeness (QED) is 0.412. The molecule has 1 fully saturated rings. The van der Waals surface area contributed by atoms with Crippen LogP contribution in [-0.2, 0) is 13.0 Å². The zero-order valence-electron chi connectivity index (χ0n) is 17.7. The minimum Gasteiger partial charge on any atom is -0.493 e. The number of fused-ring (bicyclic) bond motifs is 1. The van der Waals surface area contributed by atoms with Crippen LogP contribution in [0, 0.1) is 0 Å². The smallest absolute Gasteiger partial charge is 0.127 e. The van der Waals surface area contributed by atoms with Crippen LogP contribution in [0.25, 0.3) is 0 Å². The number of likely N-dealkylation sites (N-methyl/N-ethyl adjacent to an activating group) is 1. The number of ether oxygens (including phenoxy) is 1. The highest BCUT2D eigenvalue weighted by molar-refractivity contribution is 5.55. The average molecular weight is 387 g/mol. The van der Waals surface area contributed by atoms with Crippen LogP contribution >= 0.6 is 0 Å². The summed E-state index contributed by atoms with van der Waals surface area (Å²) in [5.74, 6) is 2.12. The van der Waals surface area contributed by atoms with Crippen LogP contribution in [0.3, 0.4) is 0 Å². The van der Waals surface area contributed by atoms with E-state index in [1.54, 1.807) is 0 Å². The van der Waals surface area contributed by atoms with Gasteiger partial charge in [-0.25, -0.2) is 10.0 Å². The van der Waals surface area contributed by atoms with Crippen molar-refractivity contribution in [1.29, 1.82) is 0 Å². The number of rotatable bonds is 8. The molecule has 2 heterocycles. The van der Waals surface area contributed by atoms with Crippen molar-refractivity contribution in [3.8, 4) is 5.75 Å². The van der Waals surface area contributed by atoms with E-state index in [4.69, 9.17) is 9.73 Å². The van der Waals surface area contributed by atoms with Crippen molar-refractivity contribution < 1.29 is 4.74 Å². The standard InChI is InChI=1S/C21H34N6O/c1-22-25(4)9-7-21(23-17-24(2)3)27-12-10-26(11-13-27)16-18-5-6-19-8-14-28-20(19)15-18/h5-7,15,17,22H,8-14,16H2,1-4H3/b21-7+,23-17?. The molecule has 3 rings (SSSR count). The van der Waals surface area contributed by atoms with E-state index < -0.39 is 0 Å². The Kier molecular flexibility index (Phi) is 7.30. The highest BCUT2D eigenvalue weighted by Crippen LogP contribution is 2.27. The molecular formula is C21H34N6O. The number of benzene rings is 1. The lowest BCUT2D eigenvalue weighted by Gasteiger charge is -2.36. The molecule has 154 valence electrons. The Morgan fingerprint density at radius 2 is 2.00 bits per heavy atom. The van der Waals surface area contributed by atoms with Crippen molar-refractivity contribution in [3.05, 3.63) is 41.2 Å². The molecule has 2 aliphatic heterocycles. The van der Waals surface area contributed by atoms with Crippen LogP contribution in [0.5, 0.6) is 5.75 Å². The van der Waals surface area contributed by atoms with Crippen molar-refractivity contribution in [3.63, 3.8) is 0 Å². The van der Waals surface area contributed by atoms with Crippen LogP contribution in [-0.4, -0.2) is 93.6 Å². The Bertz CT molecular complexity index is 694. The lowest BCUT2D eigenvalue weighted by atomic mass is 10.1. The second-order valence-corrected chi connectivity index (χ2v) is 7.68. The molecule has 1 aromatic rings. The third-order valence-corrected chi connectivity index (χ3v) is 5.21. The third kappa shape index (κ3) is 5.70. The molecule has 0 radical (unpaired) electrons. The minimum atomic E-state index is 0.811. The fraction of sp³-hybridized carbons (Fsp3) is 0.571. The van der Waals surface area contributed by atoms with E-state index in [1.165, 1.54) is 11.1 Å². The van der Waals surface area contributed by atoms with E-state index >= 15 is 0 Å². The molecule has 0 spiro atoms. The highest BCUT2D eigenvalue weighted by atomic mass is 16.5. The van der Waals surface area contributed by atoms with Crippen LogP contribution < -0.4 is 10.2 Å². The average Bonchev–Trinajstić information content (AvgIpc) is 3.16. The predicted octanol–water partition coefficient (Wildman–Crippen LogP) is 1.24. The minimum absolute atomic E-state index is 0.811. The maximum absolute atomic E-state index is 5.72. The molecule has 1 aromatic carbocycles. The Hall–Kier alpha value is -2.09. The SMILES string of the molecule is CNN(C)C/C=C(\N=CN(C)C)N1CCN(Cc2ccc3c(c2)OCC3)CC1. The Morgan fingerprint density at radius 1 is 1.21 bits per heavy atom. The van der Waals surface area contributed by atoms with Gasteiger partial charge in [0.15, 0.2) is 0 Å². The Balaban J connectivity index is 1.57. The largest absolute Gasteiger partial charge is 0.493 e. The monoisotopic (exact) mass is 386 g/mol. The summed E-state index contributed by atoms with van der Waals surface area (Å²) in [5.41, 5.74) is 5.81. The van der Waals surface area contributed by atoms with Crippen molar-refractivity contribution in [2.45, 2.75) is 13.0 Å². The van der Waals surface area contributed by atoms with Crippen LogP contribution in [0.15, 0.2) is 35.1 Å². The van der Waals surface area contributed by atoms with Gasteiger partial charge in [0.05, 0.1) is 12.9 Å². The van der Waals surface area contributed by atoms with Crippen LogP contribution in [0.4, 0.5) is 0 Å². The molecule has 2 aliphatic rings. The maximum atomic E-state index is 5.72. The van der Waals surface area contributed by atoms with Gasteiger partial charge in [0, 0.05) is 66.8 Å². The van der Waals surface area contributed by atoms with Gasteiger partial charge in [-0.1, -0.05) is 12.1 Å². The normalized spacial score (nSPS) is 18.0. The zero-order chi connectivity index (χ0) is 19.9. The molecule has 28 heavy (non-hydrogen) atoms. The van der Waals surface area contributed by atoms with E-state index in [9.17, 15) is 0 Å². The first-order chi connectivity index (χ1) is 13.5. The van der Waals surface area contributed by atoms with E-state index in [-0.39, 0.29) is 0 Å². The van der Waals surface area contributed by atoms with Gasteiger partial charge in [0.1, 0.15) is 11.6 Å². The number of aliphatic imine (C=N–C) groups is 1. The summed E-state index contributed by atoms with van der Waals surface area (Å²) in [6, 6.07) is 6.69. The van der Waals surface area contributed by atoms with E-state index in [0.29, 0.717) is 0 Å². The van der Waals surface area contributed by atoms with Crippen molar-refractivity contribution in [2.75, 3.05) is 67.5 Å². The fourth-order valence-electron chi connectivity index (χ4n) is 3.45. The number of nitrogens with zero attached hydrogens (tertiary/aromatic N) is 5. The summed E-state index contributed by atoms with van der Waals surface area (Å²) in [6.45, 7) is 6.66. The van der Waals surface area contributed by atoms with Gasteiger partial charge in [-0.05, 0) is 30.3 Å². The topological polar surface area (TPSA) is 46.6 Å². The second-order valence-electron chi connectivity index (χ2n) is 7.68. The summed E-state index contributed by atoms with van der Waals surface area (Å²) >= 11 is 0. The number of piperazine rings is 1. The summed E-state index contributed by atoms with van der Waals surface area (Å²) < 4.78 is 5.72. The van der Waals surface area contributed by atoms with Gasteiger partial charge in [-0.3, -0.25) is 10.3 Å². The lowest BCUT2D eigenvalue weighted by molar-refractivity contribution is 0.151. The first-order valence-electron chi connectivity index (χ1n) is 10.1. The second kappa shape index (κ2) is 9.91. The molecule has 0 aliphatic carbocycles. The van der Waals surface area contributed by atoms with Crippen LogP contribution in [0.2, 0.25) is 0 Å². The number of nitrogens with one attached hydrogen (secondary N) is 1. The van der Waals surface area contributed by atoms with Crippen LogP contribution in [0.1, 0.15) is 11.1 Å². The van der Waals surface area contributed by atoms with Crippen molar-refractivity contribution in [2.24, 2.45) is 4.99 Å². The number of hydrogen-bond acceptors (Lipinski definition) is 6.